The summed E-state index contributed by atoms with van der Waals surface area (Å²) in [5.74, 6) is -0.258. The van der Waals surface area contributed by atoms with E-state index in [-0.39, 0.29) is 10.9 Å². The number of nitrogens with one attached hydrogen (secondary N) is 1. The standard InChI is InChI=1S/C14H10BrClN2OS/c15-10-7-8(5-6-11(10)16)14(19)18-12-4-2-1-3-9(12)13(17)20/h1-7H,(H2,17,20)(H,18,19). The summed E-state index contributed by atoms with van der Waals surface area (Å²) in [7, 11) is 0. The molecule has 0 bridgehead atoms. The molecule has 0 aliphatic rings. The number of amides is 1. The molecule has 0 aliphatic carbocycles. The fourth-order valence-corrected chi connectivity index (χ4v) is 2.31. The predicted octanol–water partition coefficient (Wildman–Crippen LogP) is 3.99. The highest BCUT2D eigenvalue weighted by molar-refractivity contribution is 9.10. The van der Waals surface area contributed by atoms with E-state index in [1.54, 1.807) is 36.4 Å². The lowest BCUT2D eigenvalue weighted by molar-refractivity contribution is 0.102. The third-order valence-corrected chi connectivity index (χ3v) is 4.06. The first-order valence-corrected chi connectivity index (χ1v) is 7.22. The van der Waals surface area contributed by atoms with Crippen molar-refractivity contribution < 1.29 is 4.79 Å². The molecule has 2 rings (SSSR count). The average molecular weight is 370 g/mol. The molecule has 0 heterocycles. The van der Waals surface area contributed by atoms with E-state index < -0.39 is 0 Å². The summed E-state index contributed by atoms with van der Waals surface area (Å²) in [5.41, 5.74) is 7.32. The highest BCUT2D eigenvalue weighted by Gasteiger charge is 2.11. The Balaban J connectivity index is 2.28. The van der Waals surface area contributed by atoms with Crippen molar-refractivity contribution in [2.75, 3.05) is 5.32 Å². The number of anilines is 1. The number of carbonyl (C=O) groups excluding carboxylic acids is 1. The molecular formula is C14H10BrClN2OS. The molecule has 0 unspecified atom stereocenters. The predicted molar refractivity (Wildman–Crippen MR) is 89.4 cm³/mol. The van der Waals surface area contributed by atoms with Crippen molar-refractivity contribution in [2.45, 2.75) is 0 Å². The van der Waals surface area contributed by atoms with E-state index >= 15 is 0 Å². The topological polar surface area (TPSA) is 55.1 Å². The summed E-state index contributed by atoms with van der Waals surface area (Å²) in [6.45, 7) is 0. The minimum absolute atomic E-state index is 0.234. The van der Waals surface area contributed by atoms with Crippen LogP contribution in [0.2, 0.25) is 5.02 Å². The summed E-state index contributed by atoms with van der Waals surface area (Å²) >= 11 is 14.1. The molecule has 6 heteroatoms. The molecule has 0 atom stereocenters. The smallest absolute Gasteiger partial charge is 0.255 e. The Labute approximate surface area is 135 Å². The van der Waals surface area contributed by atoms with Gasteiger partial charge in [-0.25, -0.2) is 0 Å². The molecule has 0 spiro atoms. The van der Waals surface area contributed by atoms with Crippen molar-refractivity contribution in [1.29, 1.82) is 0 Å². The van der Waals surface area contributed by atoms with Crippen LogP contribution in [-0.2, 0) is 0 Å². The van der Waals surface area contributed by atoms with Crippen LogP contribution in [0.4, 0.5) is 5.69 Å². The fraction of sp³-hybridized carbons (Fsp3) is 0. The quantitative estimate of drug-likeness (QED) is 0.804. The van der Waals surface area contributed by atoms with Gasteiger partial charge in [-0.15, -0.1) is 0 Å². The molecule has 1 amide bonds. The normalized spacial score (nSPS) is 10.1. The number of hydrogen-bond donors (Lipinski definition) is 2. The van der Waals surface area contributed by atoms with Gasteiger partial charge < -0.3 is 11.1 Å². The molecule has 0 radical (unpaired) electrons. The number of halogens is 2. The molecule has 3 nitrogen and oxygen atoms in total. The second kappa shape index (κ2) is 6.35. The number of hydrogen-bond acceptors (Lipinski definition) is 2. The highest BCUT2D eigenvalue weighted by atomic mass is 79.9. The number of para-hydroxylation sites is 1. The van der Waals surface area contributed by atoms with E-state index in [0.717, 1.165) is 0 Å². The first kappa shape index (κ1) is 15.0. The summed E-state index contributed by atoms with van der Waals surface area (Å²) in [6, 6.07) is 12.1. The maximum absolute atomic E-state index is 12.2. The maximum atomic E-state index is 12.2. The van der Waals surface area contributed by atoms with Crippen LogP contribution in [0.3, 0.4) is 0 Å². The Hall–Kier alpha value is -1.43. The summed E-state index contributed by atoms with van der Waals surface area (Å²) in [5, 5.41) is 3.33. The lowest BCUT2D eigenvalue weighted by Gasteiger charge is -2.10. The number of nitrogens with two attached hydrogens (primary N) is 1. The average Bonchev–Trinajstić information content (AvgIpc) is 2.42. The highest BCUT2D eigenvalue weighted by Crippen LogP contribution is 2.24. The molecular weight excluding hydrogens is 360 g/mol. The van der Waals surface area contributed by atoms with Gasteiger partial charge in [0.05, 0.1) is 10.7 Å². The fourth-order valence-electron chi connectivity index (χ4n) is 1.64. The molecule has 2 aromatic rings. The van der Waals surface area contributed by atoms with E-state index in [4.69, 9.17) is 29.6 Å². The van der Waals surface area contributed by atoms with Crippen molar-refractivity contribution in [3.63, 3.8) is 0 Å². The van der Waals surface area contributed by atoms with Crippen LogP contribution in [0.1, 0.15) is 15.9 Å². The molecule has 0 saturated heterocycles. The molecule has 0 aromatic heterocycles. The van der Waals surface area contributed by atoms with Crippen molar-refractivity contribution in [3.05, 3.63) is 63.1 Å². The van der Waals surface area contributed by atoms with Gasteiger partial charge in [0.2, 0.25) is 0 Å². The van der Waals surface area contributed by atoms with Gasteiger partial charge in [0.25, 0.3) is 5.91 Å². The van der Waals surface area contributed by atoms with Crippen molar-refractivity contribution in [1.82, 2.24) is 0 Å². The first-order valence-electron chi connectivity index (χ1n) is 5.64. The molecule has 2 aromatic carbocycles. The van der Waals surface area contributed by atoms with E-state index in [9.17, 15) is 4.79 Å². The van der Waals surface area contributed by atoms with E-state index in [0.29, 0.717) is 26.3 Å². The zero-order valence-corrected chi connectivity index (χ0v) is 13.3. The Morgan fingerprint density at radius 2 is 1.95 bits per heavy atom. The van der Waals surface area contributed by atoms with Gasteiger partial charge in [-0.05, 0) is 46.3 Å². The molecule has 0 fully saturated rings. The second-order valence-electron chi connectivity index (χ2n) is 3.99. The summed E-state index contributed by atoms with van der Waals surface area (Å²) in [6.07, 6.45) is 0. The van der Waals surface area contributed by atoms with Gasteiger partial charge in [-0.3, -0.25) is 4.79 Å². The first-order chi connectivity index (χ1) is 9.49. The van der Waals surface area contributed by atoms with Crippen LogP contribution in [0.15, 0.2) is 46.9 Å². The monoisotopic (exact) mass is 368 g/mol. The van der Waals surface area contributed by atoms with Gasteiger partial charge in [0.15, 0.2) is 0 Å². The molecule has 102 valence electrons. The minimum atomic E-state index is -0.258. The number of benzene rings is 2. The minimum Gasteiger partial charge on any atom is -0.389 e. The maximum Gasteiger partial charge on any atom is 0.255 e. The Morgan fingerprint density at radius 1 is 1.25 bits per heavy atom. The number of rotatable bonds is 3. The van der Waals surface area contributed by atoms with Gasteiger partial charge in [-0.1, -0.05) is 36.0 Å². The van der Waals surface area contributed by atoms with E-state index in [1.165, 1.54) is 0 Å². The molecule has 0 aliphatic heterocycles. The van der Waals surface area contributed by atoms with Crippen molar-refractivity contribution in [3.8, 4) is 0 Å². The third-order valence-electron chi connectivity index (χ3n) is 2.62. The zero-order valence-electron chi connectivity index (χ0n) is 10.2. The Kier molecular flexibility index (Phi) is 4.75. The van der Waals surface area contributed by atoms with Crippen molar-refractivity contribution in [2.24, 2.45) is 5.73 Å². The van der Waals surface area contributed by atoms with Crippen molar-refractivity contribution >= 4 is 56.3 Å². The van der Waals surface area contributed by atoms with E-state index in [1.807, 2.05) is 6.07 Å². The van der Waals surface area contributed by atoms with Crippen LogP contribution in [-0.4, -0.2) is 10.9 Å². The summed E-state index contributed by atoms with van der Waals surface area (Å²) < 4.78 is 0.662. The lowest BCUT2D eigenvalue weighted by atomic mass is 10.1. The largest absolute Gasteiger partial charge is 0.389 e. The zero-order chi connectivity index (χ0) is 14.7. The van der Waals surface area contributed by atoms with Crippen LogP contribution < -0.4 is 11.1 Å². The number of carbonyl (C=O) groups is 1. The Bertz CT molecular complexity index is 691. The van der Waals surface area contributed by atoms with E-state index in [2.05, 4.69) is 21.2 Å². The third kappa shape index (κ3) is 3.36. The van der Waals surface area contributed by atoms with Gasteiger partial charge in [0, 0.05) is 15.6 Å². The lowest BCUT2D eigenvalue weighted by Crippen LogP contribution is -2.17. The van der Waals surface area contributed by atoms with Gasteiger partial charge in [-0.2, -0.15) is 0 Å². The van der Waals surface area contributed by atoms with Crippen LogP contribution in [0.25, 0.3) is 0 Å². The molecule has 20 heavy (non-hydrogen) atoms. The van der Waals surface area contributed by atoms with Crippen LogP contribution >= 0.6 is 39.7 Å². The van der Waals surface area contributed by atoms with Gasteiger partial charge >= 0.3 is 0 Å². The summed E-state index contributed by atoms with van der Waals surface area (Å²) in [4.78, 5) is 12.4. The SMILES string of the molecule is NC(=S)c1ccccc1NC(=O)c1ccc(Cl)c(Br)c1. The van der Waals surface area contributed by atoms with Gasteiger partial charge in [0.1, 0.15) is 4.99 Å². The van der Waals surface area contributed by atoms with Crippen LogP contribution in [0, 0.1) is 0 Å². The number of thiocarbonyl (C=S) groups is 1. The second-order valence-corrected chi connectivity index (χ2v) is 5.69. The van der Waals surface area contributed by atoms with Crippen LogP contribution in [0.5, 0.6) is 0 Å². The Morgan fingerprint density at radius 3 is 2.60 bits per heavy atom. The molecule has 0 saturated carbocycles. The molecule has 3 N–H and O–H groups in total.